The largest absolute Gasteiger partial charge is 0.505 e. The van der Waals surface area contributed by atoms with Gasteiger partial charge in [0, 0.05) is 5.41 Å². The maximum atomic E-state index is 14.7. The fourth-order valence-corrected chi connectivity index (χ4v) is 3.85. The molecule has 10 heteroatoms. The van der Waals surface area contributed by atoms with Gasteiger partial charge in [-0.3, -0.25) is 0 Å². The summed E-state index contributed by atoms with van der Waals surface area (Å²) in [6.07, 6.45) is -8.05. The molecule has 26 heavy (non-hydrogen) atoms. The van der Waals surface area contributed by atoms with Gasteiger partial charge in [-0.05, 0) is 37.8 Å². The fraction of sp³-hybridized carbons (Fsp3) is 0.625. The molecule has 0 heterocycles. The zero-order valence-corrected chi connectivity index (χ0v) is 13.4. The highest BCUT2D eigenvalue weighted by Crippen LogP contribution is 2.73. The quantitative estimate of drug-likeness (QED) is 0.692. The normalized spacial score (nSPS) is 32.5. The van der Waals surface area contributed by atoms with Crippen LogP contribution in [0.15, 0.2) is 12.1 Å². The number of alkyl halides is 6. The summed E-state index contributed by atoms with van der Waals surface area (Å²) in [6, 6.07) is 0.886. The van der Waals surface area contributed by atoms with Crippen LogP contribution in [0.4, 0.5) is 35.1 Å². The van der Waals surface area contributed by atoms with E-state index < -0.39 is 77.6 Å². The predicted molar refractivity (Wildman–Crippen MR) is 72.5 cm³/mol. The van der Waals surface area contributed by atoms with E-state index in [-0.39, 0.29) is 0 Å². The van der Waals surface area contributed by atoms with E-state index in [1.807, 2.05) is 0 Å². The van der Waals surface area contributed by atoms with Crippen LogP contribution >= 0.6 is 0 Å². The average Bonchev–Trinajstić information content (AvgIpc) is 2.54. The third kappa shape index (κ3) is 2.04. The molecular weight excluding hydrogens is 376 g/mol. The van der Waals surface area contributed by atoms with Crippen molar-refractivity contribution in [3.05, 3.63) is 23.8 Å². The molecule has 0 spiro atoms. The van der Waals surface area contributed by atoms with Crippen LogP contribution in [0.2, 0.25) is 0 Å². The molecule has 3 aliphatic rings. The Kier molecular flexibility index (Phi) is 3.78. The third-order valence-electron chi connectivity index (χ3n) is 5.78. The lowest BCUT2D eigenvalue weighted by Crippen LogP contribution is -2.74. The molecule has 146 valence electrons. The van der Waals surface area contributed by atoms with E-state index in [1.54, 1.807) is 0 Å². The molecule has 0 aliphatic heterocycles. The molecule has 0 aromatic heterocycles. The molecule has 3 fully saturated rings. The number of aromatic hydroxyl groups is 1. The summed E-state index contributed by atoms with van der Waals surface area (Å²) in [6.45, 7) is 0.915. The van der Waals surface area contributed by atoms with Crippen LogP contribution < -0.4 is 4.74 Å². The Labute approximate surface area is 142 Å². The molecule has 4 rings (SSSR count). The van der Waals surface area contributed by atoms with Gasteiger partial charge >= 0.3 is 18.0 Å². The van der Waals surface area contributed by atoms with Crippen LogP contribution in [0.5, 0.6) is 11.5 Å². The first-order valence-electron chi connectivity index (χ1n) is 7.72. The van der Waals surface area contributed by atoms with Crippen LogP contribution in [-0.2, 0) is 0 Å². The zero-order valence-electron chi connectivity index (χ0n) is 13.4. The van der Waals surface area contributed by atoms with Crippen molar-refractivity contribution in [2.24, 2.45) is 10.8 Å². The number of phenolic OH excluding ortho intramolecular Hbond substituents is 1. The molecule has 0 saturated heterocycles. The average molecular weight is 390 g/mol. The Bertz CT molecular complexity index is 738. The zero-order chi connectivity index (χ0) is 19.8. The molecule has 2 nitrogen and oxygen atoms in total. The monoisotopic (exact) mass is 390 g/mol. The number of hydrogen-bond acceptors (Lipinski definition) is 2. The third-order valence-corrected chi connectivity index (χ3v) is 5.78. The fourth-order valence-electron chi connectivity index (χ4n) is 3.85. The highest BCUT2D eigenvalue weighted by molar-refractivity contribution is 5.34. The van der Waals surface area contributed by atoms with E-state index in [0.29, 0.717) is 12.1 Å². The van der Waals surface area contributed by atoms with Gasteiger partial charge in [-0.1, -0.05) is 6.92 Å². The van der Waals surface area contributed by atoms with Gasteiger partial charge in [-0.15, -0.1) is 0 Å². The summed E-state index contributed by atoms with van der Waals surface area (Å²) in [4.78, 5) is 0. The number of fused-ring (bicyclic) bond motifs is 3. The molecular formula is C16H14F8O2. The molecule has 1 aromatic carbocycles. The van der Waals surface area contributed by atoms with Gasteiger partial charge in [0.25, 0.3) is 0 Å². The molecule has 0 amide bonds. The van der Waals surface area contributed by atoms with Crippen LogP contribution in [0, 0.1) is 22.5 Å². The first kappa shape index (κ1) is 19.0. The summed E-state index contributed by atoms with van der Waals surface area (Å²) in [5.74, 6) is -16.5. The van der Waals surface area contributed by atoms with Crippen molar-refractivity contribution in [2.75, 3.05) is 0 Å². The highest BCUT2D eigenvalue weighted by atomic mass is 19.3. The maximum Gasteiger partial charge on any atom is 0.409 e. The molecule has 1 aromatic rings. The minimum atomic E-state index is -5.12. The number of halogens is 8. The summed E-state index contributed by atoms with van der Waals surface area (Å²) in [5, 5.41) is 8.98. The molecule has 3 saturated carbocycles. The van der Waals surface area contributed by atoms with Gasteiger partial charge in [0.05, 0.1) is 0 Å². The van der Waals surface area contributed by atoms with Gasteiger partial charge < -0.3 is 9.84 Å². The van der Waals surface area contributed by atoms with E-state index >= 15 is 0 Å². The summed E-state index contributed by atoms with van der Waals surface area (Å²) in [5.41, 5.74) is -5.70. The molecule has 0 atom stereocenters. The Morgan fingerprint density at radius 2 is 1.46 bits per heavy atom. The number of benzene rings is 1. The van der Waals surface area contributed by atoms with Crippen LogP contribution in [0.25, 0.3) is 0 Å². The van der Waals surface area contributed by atoms with Crippen molar-refractivity contribution >= 4 is 0 Å². The lowest BCUT2D eigenvalue weighted by molar-refractivity contribution is -0.429. The molecule has 0 unspecified atom stereocenters. The second-order valence-electron chi connectivity index (χ2n) is 7.12. The second-order valence-corrected chi connectivity index (χ2v) is 7.12. The molecule has 1 N–H and O–H groups in total. The standard InChI is InChI=1S/C16H14F8O2/c1-12-4-6-13(7-5-12,15(21,22)14(12,19)20)16(23,24)26-9-3-2-8(25)10(17)11(9)18/h2-3,25H,4-7H2,1H3. The summed E-state index contributed by atoms with van der Waals surface area (Å²) >= 11 is 0. The first-order chi connectivity index (χ1) is 11.7. The summed E-state index contributed by atoms with van der Waals surface area (Å²) < 4.78 is 118. The van der Waals surface area contributed by atoms with Crippen molar-refractivity contribution < 1.29 is 45.0 Å². The van der Waals surface area contributed by atoms with Crippen molar-refractivity contribution in [3.63, 3.8) is 0 Å². The van der Waals surface area contributed by atoms with Crippen LogP contribution in [0.1, 0.15) is 32.6 Å². The smallest absolute Gasteiger partial charge is 0.409 e. The molecule has 2 bridgehead atoms. The van der Waals surface area contributed by atoms with Crippen molar-refractivity contribution in [3.8, 4) is 11.5 Å². The van der Waals surface area contributed by atoms with E-state index in [0.717, 1.165) is 6.92 Å². The summed E-state index contributed by atoms with van der Waals surface area (Å²) in [7, 11) is 0. The van der Waals surface area contributed by atoms with Crippen molar-refractivity contribution in [2.45, 2.75) is 50.6 Å². The predicted octanol–water partition coefficient (Wildman–Crippen LogP) is 5.49. The van der Waals surface area contributed by atoms with E-state index in [4.69, 9.17) is 5.11 Å². The van der Waals surface area contributed by atoms with E-state index in [1.165, 1.54) is 0 Å². The number of rotatable bonds is 3. The topological polar surface area (TPSA) is 29.5 Å². The van der Waals surface area contributed by atoms with Gasteiger partial charge in [-0.2, -0.15) is 35.1 Å². The van der Waals surface area contributed by atoms with Crippen LogP contribution in [-0.4, -0.2) is 23.1 Å². The number of hydrogen-bond donors (Lipinski definition) is 1. The van der Waals surface area contributed by atoms with Crippen LogP contribution in [0.3, 0.4) is 0 Å². The van der Waals surface area contributed by atoms with Gasteiger partial charge in [-0.25, -0.2) is 0 Å². The van der Waals surface area contributed by atoms with Gasteiger partial charge in [0.2, 0.25) is 11.6 Å². The lowest BCUT2D eigenvalue weighted by atomic mass is 9.50. The Balaban J connectivity index is 2.05. The van der Waals surface area contributed by atoms with Crippen molar-refractivity contribution in [1.82, 2.24) is 0 Å². The Morgan fingerprint density at radius 1 is 0.923 bits per heavy atom. The minimum Gasteiger partial charge on any atom is -0.505 e. The highest BCUT2D eigenvalue weighted by Gasteiger charge is 2.86. The Morgan fingerprint density at radius 3 is 2.00 bits per heavy atom. The first-order valence-corrected chi connectivity index (χ1v) is 7.72. The van der Waals surface area contributed by atoms with Gasteiger partial charge in [0.15, 0.2) is 11.5 Å². The lowest BCUT2D eigenvalue weighted by Gasteiger charge is -2.60. The maximum absolute atomic E-state index is 14.7. The minimum absolute atomic E-state index is 0.407. The second kappa shape index (κ2) is 5.16. The number of phenols is 1. The van der Waals surface area contributed by atoms with E-state index in [2.05, 4.69) is 4.74 Å². The number of ether oxygens (including phenoxy) is 1. The Hall–Kier alpha value is -1.74. The van der Waals surface area contributed by atoms with Crippen molar-refractivity contribution in [1.29, 1.82) is 0 Å². The molecule has 3 aliphatic carbocycles. The SMILES string of the molecule is CC12CCC(C(F)(F)Oc3ccc(O)c(F)c3F)(CC1)C(F)(F)C2(F)F. The van der Waals surface area contributed by atoms with Gasteiger partial charge in [0.1, 0.15) is 5.41 Å². The van der Waals surface area contributed by atoms with E-state index in [9.17, 15) is 35.1 Å². The molecule has 0 radical (unpaired) electrons.